The number of hydrogen-bond acceptors (Lipinski definition) is 3. The van der Waals surface area contributed by atoms with Crippen LogP contribution in [0.2, 0.25) is 0 Å². The van der Waals surface area contributed by atoms with Crippen molar-refractivity contribution >= 4 is 0 Å². The van der Waals surface area contributed by atoms with E-state index in [9.17, 15) is 0 Å². The fourth-order valence-electron chi connectivity index (χ4n) is 1.57. The Morgan fingerprint density at radius 3 is 2.82 bits per heavy atom. The van der Waals surface area contributed by atoms with Crippen molar-refractivity contribution in [1.82, 2.24) is 10.1 Å². The molecule has 0 N–H and O–H groups in total. The SMILES string of the molecule is [CH2]CCC[CH]c1nc(Cc2ccccc2)no1. The Balaban J connectivity index is 1.90. The van der Waals surface area contributed by atoms with Crippen molar-refractivity contribution < 1.29 is 4.52 Å². The maximum Gasteiger partial charge on any atom is 0.230 e. The Kier molecular flexibility index (Phi) is 4.30. The van der Waals surface area contributed by atoms with Crippen LogP contribution >= 0.6 is 0 Å². The molecule has 0 aliphatic carbocycles. The largest absolute Gasteiger partial charge is 0.339 e. The van der Waals surface area contributed by atoms with Gasteiger partial charge in [-0.15, -0.1) is 0 Å². The Hall–Kier alpha value is -1.64. The van der Waals surface area contributed by atoms with Gasteiger partial charge >= 0.3 is 0 Å². The summed E-state index contributed by atoms with van der Waals surface area (Å²) >= 11 is 0. The van der Waals surface area contributed by atoms with Gasteiger partial charge in [-0.2, -0.15) is 4.98 Å². The first-order valence-corrected chi connectivity index (χ1v) is 5.87. The van der Waals surface area contributed by atoms with Gasteiger partial charge in [-0.25, -0.2) is 0 Å². The van der Waals surface area contributed by atoms with E-state index in [1.807, 2.05) is 24.6 Å². The van der Waals surface area contributed by atoms with E-state index in [-0.39, 0.29) is 0 Å². The molecule has 0 aliphatic heterocycles. The molecule has 0 atom stereocenters. The highest BCUT2D eigenvalue weighted by Gasteiger charge is 2.06. The first kappa shape index (κ1) is 11.8. The number of nitrogens with zero attached hydrogens (tertiary/aromatic N) is 2. The molecule has 0 amide bonds. The lowest BCUT2D eigenvalue weighted by molar-refractivity contribution is 0.390. The first-order valence-electron chi connectivity index (χ1n) is 5.87. The van der Waals surface area contributed by atoms with Crippen molar-refractivity contribution in [3.8, 4) is 0 Å². The third-order valence-electron chi connectivity index (χ3n) is 2.46. The third kappa shape index (κ3) is 3.70. The zero-order valence-corrected chi connectivity index (χ0v) is 9.80. The van der Waals surface area contributed by atoms with Gasteiger partial charge in [0.1, 0.15) is 0 Å². The zero-order chi connectivity index (χ0) is 11.9. The fraction of sp³-hybridized carbons (Fsp3) is 0.286. The van der Waals surface area contributed by atoms with Crippen molar-refractivity contribution in [2.24, 2.45) is 0 Å². The van der Waals surface area contributed by atoms with Crippen LogP contribution in [0.5, 0.6) is 0 Å². The highest BCUT2D eigenvalue weighted by Crippen LogP contribution is 2.10. The highest BCUT2D eigenvalue weighted by molar-refractivity contribution is 5.18. The molecule has 0 saturated heterocycles. The Bertz CT molecular complexity index is 436. The van der Waals surface area contributed by atoms with Gasteiger partial charge in [0.15, 0.2) is 5.82 Å². The van der Waals surface area contributed by atoms with Crippen molar-refractivity contribution in [2.75, 3.05) is 0 Å². The van der Waals surface area contributed by atoms with Crippen LogP contribution in [0.1, 0.15) is 36.5 Å². The third-order valence-corrected chi connectivity index (χ3v) is 2.46. The molecule has 0 unspecified atom stereocenters. The lowest BCUT2D eigenvalue weighted by Crippen LogP contribution is -1.90. The molecule has 2 rings (SSSR count). The van der Waals surface area contributed by atoms with Gasteiger partial charge in [0.25, 0.3) is 0 Å². The Morgan fingerprint density at radius 2 is 2.06 bits per heavy atom. The lowest BCUT2D eigenvalue weighted by Gasteiger charge is -1.94. The molecule has 3 nitrogen and oxygen atoms in total. The van der Waals surface area contributed by atoms with Gasteiger partial charge in [0.05, 0.1) is 6.42 Å². The van der Waals surface area contributed by atoms with E-state index in [0.29, 0.717) is 12.3 Å². The topological polar surface area (TPSA) is 38.9 Å². The average Bonchev–Trinajstić information content (AvgIpc) is 2.79. The molecule has 3 heteroatoms. The zero-order valence-electron chi connectivity index (χ0n) is 9.80. The van der Waals surface area contributed by atoms with E-state index >= 15 is 0 Å². The smallest absolute Gasteiger partial charge is 0.230 e. The van der Waals surface area contributed by atoms with E-state index in [4.69, 9.17) is 4.52 Å². The minimum Gasteiger partial charge on any atom is -0.339 e. The van der Waals surface area contributed by atoms with E-state index in [2.05, 4.69) is 29.2 Å². The maximum atomic E-state index is 5.15. The van der Waals surface area contributed by atoms with Crippen LogP contribution in [-0.4, -0.2) is 10.1 Å². The number of unbranched alkanes of at least 4 members (excludes halogenated alkanes) is 2. The van der Waals surface area contributed by atoms with E-state index < -0.39 is 0 Å². The van der Waals surface area contributed by atoms with Crippen LogP contribution < -0.4 is 0 Å². The number of rotatable bonds is 6. The second kappa shape index (κ2) is 6.18. The molecule has 0 bridgehead atoms. The van der Waals surface area contributed by atoms with Gasteiger partial charge in [-0.3, -0.25) is 0 Å². The summed E-state index contributed by atoms with van der Waals surface area (Å²) in [6.45, 7) is 3.79. The summed E-state index contributed by atoms with van der Waals surface area (Å²) in [7, 11) is 0. The number of aromatic nitrogens is 2. The molecule has 0 aliphatic rings. The monoisotopic (exact) mass is 228 g/mol. The van der Waals surface area contributed by atoms with Crippen molar-refractivity contribution in [2.45, 2.75) is 25.7 Å². The molecular weight excluding hydrogens is 212 g/mol. The normalized spacial score (nSPS) is 10.6. The molecule has 88 valence electrons. The predicted molar refractivity (Wildman–Crippen MR) is 66.2 cm³/mol. The maximum absolute atomic E-state index is 5.15. The molecule has 1 heterocycles. The highest BCUT2D eigenvalue weighted by atomic mass is 16.5. The molecule has 1 aromatic heterocycles. The molecule has 0 fully saturated rings. The van der Waals surface area contributed by atoms with Crippen molar-refractivity contribution in [3.05, 3.63) is 61.0 Å². The van der Waals surface area contributed by atoms with Crippen LogP contribution in [0, 0.1) is 13.3 Å². The molecule has 0 spiro atoms. The molecular formula is C14H16N2O. The quantitative estimate of drug-likeness (QED) is 0.712. The van der Waals surface area contributed by atoms with Crippen LogP contribution in [-0.2, 0) is 6.42 Å². The molecule has 2 radical (unpaired) electrons. The minimum atomic E-state index is 0.615. The number of benzene rings is 1. The Labute approximate surface area is 102 Å². The van der Waals surface area contributed by atoms with E-state index in [1.165, 1.54) is 5.56 Å². The fourth-order valence-corrected chi connectivity index (χ4v) is 1.57. The van der Waals surface area contributed by atoms with Crippen LogP contribution in [0.25, 0.3) is 0 Å². The first-order chi connectivity index (χ1) is 8.38. The summed E-state index contributed by atoms with van der Waals surface area (Å²) in [5, 5.41) is 3.96. The Morgan fingerprint density at radius 1 is 1.24 bits per heavy atom. The van der Waals surface area contributed by atoms with Gasteiger partial charge in [-0.05, 0) is 12.0 Å². The number of hydrogen-bond donors (Lipinski definition) is 0. The summed E-state index contributed by atoms with van der Waals surface area (Å²) in [5.74, 6) is 1.35. The van der Waals surface area contributed by atoms with E-state index in [1.54, 1.807) is 0 Å². The second-order valence-electron chi connectivity index (χ2n) is 3.91. The summed E-state index contributed by atoms with van der Waals surface area (Å²) in [6, 6.07) is 10.1. The summed E-state index contributed by atoms with van der Waals surface area (Å²) in [6.07, 6.45) is 5.61. The van der Waals surface area contributed by atoms with Gasteiger partial charge in [0, 0.05) is 6.42 Å². The summed E-state index contributed by atoms with van der Waals surface area (Å²) < 4.78 is 5.15. The van der Waals surface area contributed by atoms with Crippen LogP contribution in [0.3, 0.4) is 0 Å². The van der Waals surface area contributed by atoms with Gasteiger partial charge < -0.3 is 4.52 Å². The molecule has 2 aromatic rings. The van der Waals surface area contributed by atoms with Gasteiger partial charge in [-0.1, -0.05) is 55.3 Å². The van der Waals surface area contributed by atoms with E-state index in [0.717, 1.165) is 25.1 Å². The van der Waals surface area contributed by atoms with Crippen molar-refractivity contribution in [3.63, 3.8) is 0 Å². The van der Waals surface area contributed by atoms with Crippen LogP contribution in [0.15, 0.2) is 34.9 Å². The van der Waals surface area contributed by atoms with Gasteiger partial charge in [0.2, 0.25) is 5.89 Å². The predicted octanol–water partition coefficient (Wildman–Crippen LogP) is 3.22. The second-order valence-corrected chi connectivity index (χ2v) is 3.91. The summed E-state index contributed by atoms with van der Waals surface area (Å²) in [4.78, 5) is 4.32. The molecule has 1 aromatic carbocycles. The molecule has 0 saturated carbocycles. The minimum absolute atomic E-state index is 0.615. The van der Waals surface area contributed by atoms with Crippen LogP contribution in [0.4, 0.5) is 0 Å². The molecule has 17 heavy (non-hydrogen) atoms. The van der Waals surface area contributed by atoms with Crippen molar-refractivity contribution in [1.29, 1.82) is 0 Å². The summed E-state index contributed by atoms with van der Waals surface area (Å²) in [5.41, 5.74) is 1.19. The lowest BCUT2D eigenvalue weighted by atomic mass is 10.1. The standard InChI is InChI=1S/C14H16N2O/c1-2-3-5-10-14-15-13(16-17-14)11-12-8-6-4-7-9-12/h4,6-10H,1-3,5,11H2. The average molecular weight is 228 g/mol.